The second-order valence-corrected chi connectivity index (χ2v) is 10.1. The van der Waals surface area contributed by atoms with E-state index >= 15 is 0 Å². The highest BCUT2D eigenvalue weighted by Gasteiger charge is 2.54. The van der Waals surface area contributed by atoms with Gasteiger partial charge in [-0.15, -0.1) is 23.1 Å². The number of ether oxygens (including phenoxy) is 2. The molecule has 2 aromatic rings. The Bertz CT molecular complexity index is 1230. The summed E-state index contributed by atoms with van der Waals surface area (Å²) in [4.78, 5) is 62.2. The summed E-state index contributed by atoms with van der Waals surface area (Å²) >= 11 is 2.79. The van der Waals surface area contributed by atoms with Crippen LogP contribution in [-0.4, -0.2) is 57.4 Å². The molecule has 2 aliphatic heterocycles. The number of nitrogens with zero attached hydrogens (tertiary/aromatic N) is 2. The molecule has 1 aromatic heterocycles. The number of hydrogen-bond donors (Lipinski definition) is 1. The number of thiophene rings is 1. The molecule has 2 aliphatic rings. The molecule has 4 rings (SSSR count). The summed E-state index contributed by atoms with van der Waals surface area (Å²) in [6, 6.07) is 8.40. The van der Waals surface area contributed by atoms with E-state index in [0.717, 1.165) is 4.88 Å². The van der Waals surface area contributed by atoms with Crippen LogP contribution in [0.2, 0.25) is 0 Å². The number of nitro groups is 1. The lowest BCUT2D eigenvalue weighted by Crippen LogP contribution is -2.70. The summed E-state index contributed by atoms with van der Waals surface area (Å²) in [5, 5.41) is 14.9. The number of esters is 2. The molecular formula is C23H21N3O8S2. The Balaban J connectivity index is 1.46. The maximum absolute atomic E-state index is 13.1. The Morgan fingerprint density at radius 1 is 1.17 bits per heavy atom. The van der Waals surface area contributed by atoms with E-state index in [0.29, 0.717) is 16.9 Å². The zero-order chi connectivity index (χ0) is 25.8. The van der Waals surface area contributed by atoms with Crippen LogP contribution in [0, 0.1) is 10.1 Å². The van der Waals surface area contributed by atoms with Gasteiger partial charge in [-0.2, -0.15) is 0 Å². The molecule has 1 aromatic carbocycles. The van der Waals surface area contributed by atoms with Gasteiger partial charge in [0.25, 0.3) is 11.6 Å². The van der Waals surface area contributed by atoms with Gasteiger partial charge in [-0.05, 0) is 29.1 Å². The van der Waals surface area contributed by atoms with Gasteiger partial charge in [0, 0.05) is 35.3 Å². The third-order valence-electron chi connectivity index (χ3n) is 5.44. The van der Waals surface area contributed by atoms with E-state index in [-0.39, 0.29) is 36.9 Å². The average Bonchev–Trinajstić information content (AvgIpc) is 3.37. The largest absolute Gasteiger partial charge is 0.461 e. The first-order valence-corrected chi connectivity index (χ1v) is 12.7. The molecule has 0 bridgehead atoms. The second-order valence-electron chi connectivity index (χ2n) is 7.94. The summed E-state index contributed by atoms with van der Waals surface area (Å²) in [7, 11) is 0. The number of non-ortho nitro benzene ring substituents is 1. The van der Waals surface area contributed by atoms with Crippen LogP contribution in [0.5, 0.6) is 0 Å². The molecule has 188 valence electrons. The van der Waals surface area contributed by atoms with Gasteiger partial charge in [-0.3, -0.25) is 29.4 Å². The van der Waals surface area contributed by atoms with Crippen molar-refractivity contribution >= 4 is 52.5 Å². The maximum Gasteiger partial charge on any atom is 0.355 e. The number of carbonyl (C=O) groups is 4. The van der Waals surface area contributed by atoms with Gasteiger partial charge in [0.05, 0.1) is 11.3 Å². The van der Waals surface area contributed by atoms with Gasteiger partial charge >= 0.3 is 11.9 Å². The van der Waals surface area contributed by atoms with Gasteiger partial charge in [0.2, 0.25) is 5.91 Å². The van der Waals surface area contributed by atoms with Crippen LogP contribution in [0.15, 0.2) is 53.0 Å². The molecule has 13 heteroatoms. The minimum atomic E-state index is -0.796. The van der Waals surface area contributed by atoms with Crippen molar-refractivity contribution in [3.8, 4) is 0 Å². The SMILES string of the molecule is CC(=O)OCC1=C(C(=O)OCc2ccc([N+](=O)[O-])cc2)N2C(=O)C(NC(=O)Cc3cccs3)[C@@H]2SC1. The molecule has 1 fully saturated rings. The van der Waals surface area contributed by atoms with Gasteiger partial charge in [0.1, 0.15) is 30.3 Å². The van der Waals surface area contributed by atoms with Crippen LogP contribution in [0.1, 0.15) is 17.4 Å². The first-order valence-electron chi connectivity index (χ1n) is 10.8. The van der Waals surface area contributed by atoms with E-state index < -0.39 is 34.2 Å². The molecule has 1 unspecified atom stereocenters. The van der Waals surface area contributed by atoms with E-state index in [1.807, 2.05) is 17.5 Å². The number of fused-ring (bicyclic) bond motifs is 1. The highest BCUT2D eigenvalue weighted by atomic mass is 32.2. The number of nitrogens with one attached hydrogen (secondary N) is 1. The number of amides is 2. The van der Waals surface area contributed by atoms with Gasteiger partial charge in [-0.1, -0.05) is 6.07 Å². The lowest BCUT2D eigenvalue weighted by Gasteiger charge is -2.49. The number of carbonyl (C=O) groups excluding carboxylic acids is 4. The van der Waals surface area contributed by atoms with E-state index in [2.05, 4.69) is 5.32 Å². The number of hydrogen-bond acceptors (Lipinski definition) is 10. The van der Waals surface area contributed by atoms with E-state index in [1.54, 1.807) is 0 Å². The quantitative estimate of drug-likeness (QED) is 0.223. The monoisotopic (exact) mass is 531 g/mol. The summed E-state index contributed by atoms with van der Waals surface area (Å²) < 4.78 is 10.5. The van der Waals surface area contributed by atoms with Crippen molar-refractivity contribution in [3.63, 3.8) is 0 Å². The highest BCUT2D eigenvalue weighted by Crippen LogP contribution is 2.41. The molecule has 0 radical (unpaired) electrons. The smallest absolute Gasteiger partial charge is 0.355 e. The number of rotatable bonds is 9. The Morgan fingerprint density at radius 3 is 2.56 bits per heavy atom. The summed E-state index contributed by atoms with van der Waals surface area (Å²) in [6.07, 6.45) is 0.149. The molecule has 2 amide bonds. The third-order valence-corrected chi connectivity index (χ3v) is 7.65. The lowest BCUT2D eigenvalue weighted by molar-refractivity contribution is -0.384. The normalized spacial score (nSPS) is 18.7. The van der Waals surface area contributed by atoms with Crippen molar-refractivity contribution in [3.05, 3.63) is 73.6 Å². The minimum absolute atomic E-state index is 0.0179. The fraction of sp³-hybridized carbons (Fsp3) is 0.304. The van der Waals surface area contributed by atoms with Crippen LogP contribution in [0.25, 0.3) is 0 Å². The first-order chi connectivity index (χ1) is 17.2. The zero-order valence-corrected chi connectivity index (χ0v) is 20.6. The van der Waals surface area contributed by atoms with E-state index in [4.69, 9.17) is 9.47 Å². The van der Waals surface area contributed by atoms with Crippen molar-refractivity contribution < 1.29 is 33.6 Å². The summed E-state index contributed by atoms with van der Waals surface area (Å²) in [6.45, 7) is 0.873. The van der Waals surface area contributed by atoms with Crippen molar-refractivity contribution in [2.24, 2.45) is 0 Å². The summed E-state index contributed by atoms with van der Waals surface area (Å²) in [5.74, 6) is -1.80. The minimum Gasteiger partial charge on any atom is -0.461 e. The molecule has 0 spiro atoms. The maximum atomic E-state index is 13.1. The Morgan fingerprint density at radius 2 is 1.92 bits per heavy atom. The van der Waals surface area contributed by atoms with Crippen molar-refractivity contribution in [2.45, 2.75) is 31.4 Å². The second kappa shape index (κ2) is 10.9. The fourth-order valence-corrected chi connectivity index (χ4v) is 5.73. The molecular weight excluding hydrogens is 510 g/mol. The Kier molecular flexibility index (Phi) is 7.70. The predicted molar refractivity (Wildman–Crippen MR) is 130 cm³/mol. The van der Waals surface area contributed by atoms with E-state index in [1.165, 1.54) is 59.2 Å². The first kappa shape index (κ1) is 25.4. The van der Waals surface area contributed by atoms with Crippen LogP contribution in [-0.2, 0) is 41.7 Å². The lowest BCUT2D eigenvalue weighted by atomic mass is 10.0. The molecule has 3 heterocycles. The number of thioether (sulfide) groups is 1. The van der Waals surface area contributed by atoms with Crippen molar-refractivity contribution in [1.29, 1.82) is 0 Å². The molecule has 1 saturated heterocycles. The summed E-state index contributed by atoms with van der Waals surface area (Å²) in [5.41, 5.74) is 0.820. The molecule has 36 heavy (non-hydrogen) atoms. The van der Waals surface area contributed by atoms with Crippen LogP contribution in [0.3, 0.4) is 0 Å². The molecule has 11 nitrogen and oxygen atoms in total. The van der Waals surface area contributed by atoms with Crippen molar-refractivity contribution in [1.82, 2.24) is 10.2 Å². The van der Waals surface area contributed by atoms with Crippen molar-refractivity contribution in [2.75, 3.05) is 12.4 Å². The van der Waals surface area contributed by atoms with E-state index in [9.17, 15) is 29.3 Å². The van der Waals surface area contributed by atoms with Gasteiger partial charge in [-0.25, -0.2) is 4.79 Å². The van der Waals surface area contributed by atoms with Crippen LogP contribution < -0.4 is 5.32 Å². The zero-order valence-electron chi connectivity index (χ0n) is 19.0. The van der Waals surface area contributed by atoms with Gasteiger partial charge < -0.3 is 14.8 Å². The standard InChI is InChI=1S/C23H21N3O8S2/c1-13(27)33-11-15-12-36-22-19(24-18(28)9-17-3-2-8-35-17)21(29)25(22)20(15)23(30)34-10-14-4-6-16(7-5-14)26(31)32/h2-8,19,22H,9-12H2,1H3,(H,24,28)/t19?,22-/m0/s1. The van der Waals surface area contributed by atoms with Gasteiger partial charge in [0.15, 0.2) is 0 Å². The highest BCUT2D eigenvalue weighted by molar-refractivity contribution is 8.00. The number of nitro benzene ring substituents is 1. The third kappa shape index (κ3) is 5.57. The molecule has 2 atom stereocenters. The molecule has 0 aliphatic carbocycles. The number of benzene rings is 1. The predicted octanol–water partition coefficient (Wildman–Crippen LogP) is 2.16. The molecule has 0 saturated carbocycles. The topological polar surface area (TPSA) is 145 Å². The van der Waals surface area contributed by atoms with Crippen LogP contribution in [0.4, 0.5) is 5.69 Å². The Labute approximate surface area is 213 Å². The average molecular weight is 532 g/mol. The molecule has 1 N–H and O–H groups in total. The van der Waals surface area contributed by atoms with Crippen LogP contribution >= 0.6 is 23.1 Å². The Hall–Kier alpha value is -3.71. The number of β-lactam (4-membered cyclic amide) rings is 1. The fourth-order valence-electron chi connectivity index (χ4n) is 3.70.